The van der Waals surface area contributed by atoms with E-state index in [4.69, 9.17) is 0 Å². The first-order valence-electron chi connectivity index (χ1n) is 9.26. The van der Waals surface area contributed by atoms with Crippen molar-refractivity contribution in [2.75, 3.05) is 32.7 Å². The first kappa shape index (κ1) is 19.6. The standard InChI is InChI=1S/C19H27N5O2S/c1-13(2)21-17(25)12-22-6-8-23(9-7-22)18(26)16-11-14(3)24(15(16)4)19-20-5-10-27-19/h5,10-11,13H,6-9,12H2,1-4H3,(H,21,25). The molecule has 27 heavy (non-hydrogen) atoms. The molecular formula is C19H27N5O2S. The van der Waals surface area contributed by atoms with E-state index in [1.165, 1.54) is 0 Å². The van der Waals surface area contributed by atoms with Gasteiger partial charge < -0.3 is 10.2 Å². The largest absolute Gasteiger partial charge is 0.353 e. The Balaban J connectivity index is 1.63. The molecule has 0 radical (unpaired) electrons. The first-order chi connectivity index (χ1) is 12.9. The minimum atomic E-state index is 0.0387. The third-order valence-corrected chi connectivity index (χ3v) is 5.51. The van der Waals surface area contributed by atoms with Crippen molar-refractivity contribution in [3.8, 4) is 5.13 Å². The number of nitrogens with zero attached hydrogens (tertiary/aromatic N) is 4. The Labute approximate surface area is 164 Å². The average Bonchev–Trinajstić information content (AvgIpc) is 3.22. The minimum absolute atomic E-state index is 0.0387. The molecule has 1 fully saturated rings. The Morgan fingerprint density at radius 2 is 1.93 bits per heavy atom. The number of hydrogen-bond donors (Lipinski definition) is 1. The molecule has 146 valence electrons. The third-order valence-electron chi connectivity index (χ3n) is 4.75. The molecule has 1 aliphatic heterocycles. The number of aromatic nitrogens is 2. The maximum absolute atomic E-state index is 13.0. The lowest BCUT2D eigenvalue weighted by molar-refractivity contribution is -0.123. The number of carbonyl (C=O) groups excluding carboxylic acids is 2. The molecule has 0 atom stereocenters. The molecule has 0 unspecified atom stereocenters. The highest BCUT2D eigenvalue weighted by Gasteiger charge is 2.26. The van der Waals surface area contributed by atoms with E-state index in [1.54, 1.807) is 17.5 Å². The topological polar surface area (TPSA) is 70.5 Å². The van der Waals surface area contributed by atoms with Crippen LogP contribution in [0.25, 0.3) is 5.13 Å². The van der Waals surface area contributed by atoms with Gasteiger partial charge in [-0.05, 0) is 33.8 Å². The van der Waals surface area contributed by atoms with Crippen molar-refractivity contribution in [3.63, 3.8) is 0 Å². The van der Waals surface area contributed by atoms with Crippen LogP contribution in [0.5, 0.6) is 0 Å². The Bertz CT molecular complexity index is 804. The highest BCUT2D eigenvalue weighted by molar-refractivity contribution is 7.12. The van der Waals surface area contributed by atoms with E-state index in [0.29, 0.717) is 32.7 Å². The minimum Gasteiger partial charge on any atom is -0.353 e. The molecular weight excluding hydrogens is 362 g/mol. The van der Waals surface area contributed by atoms with Gasteiger partial charge in [-0.1, -0.05) is 0 Å². The van der Waals surface area contributed by atoms with Crippen LogP contribution in [0, 0.1) is 13.8 Å². The zero-order chi connectivity index (χ0) is 19.6. The molecule has 2 aromatic rings. The van der Waals surface area contributed by atoms with E-state index in [1.807, 2.05) is 48.6 Å². The summed E-state index contributed by atoms with van der Waals surface area (Å²) in [6, 6.07) is 2.09. The fraction of sp³-hybridized carbons (Fsp3) is 0.526. The summed E-state index contributed by atoms with van der Waals surface area (Å²) >= 11 is 1.56. The van der Waals surface area contributed by atoms with E-state index in [9.17, 15) is 9.59 Å². The summed E-state index contributed by atoms with van der Waals surface area (Å²) in [4.78, 5) is 33.3. The zero-order valence-corrected chi connectivity index (χ0v) is 17.2. The van der Waals surface area contributed by atoms with Gasteiger partial charge in [0.15, 0.2) is 5.13 Å². The number of carbonyl (C=O) groups is 2. The summed E-state index contributed by atoms with van der Waals surface area (Å²) < 4.78 is 2.03. The van der Waals surface area contributed by atoms with Crippen molar-refractivity contribution < 1.29 is 9.59 Å². The van der Waals surface area contributed by atoms with Crippen molar-refractivity contribution in [1.82, 2.24) is 24.7 Å². The second-order valence-electron chi connectivity index (χ2n) is 7.23. The Morgan fingerprint density at radius 1 is 1.22 bits per heavy atom. The van der Waals surface area contributed by atoms with Gasteiger partial charge in [0.05, 0.1) is 12.1 Å². The van der Waals surface area contributed by atoms with E-state index in [2.05, 4.69) is 15.2 Å². The van der Waals surface area contributed by atoms with Crippen LogP contribution < -0.4 is 5.32 Å². The number of aryl methyl sites for hydroxylation is 1. The highest BCUT2D eigenvalue weighted by Crippen LogP contribution is 2.23. The van der Waals surface area contributed by atoms with E-state index >= 15 is 0 Å². The monoisotopic (exact) mass is 389 g/mol. The molecule has 3 heterocycles. The number of hydrogen-bond acceptors (Lipinski definition) is 5. The number of thiazole rings is 1. The van der Waals surface area contributed by atoms with Gasteiger partial charge in [-0.2, -0.15) is 0 Å². The summed E-state index contributed by atoms with van der Waals surface area (Å²) in [7, 11) is 0. The molecule has 0 bridgehead atoms. The molecule has 3 rings (SSSR count). The summed E-state index contributed by atoms with van der Waals surface area (Å²) in [5.41, 5.74) is 2.66. The summed E-state index contributed by atoms with van der Waals surface area (Å²) in [6.07, 6.45) is 1.77. The lowest BCUT2D eigenvalue weighted by atomic mass is 10.2. The van der Waals surface area contributed by atoms with Crippen molar-refractivity contribution in [2.24, 2.45) is 0 Å². The molecule has 2 amide bonds. The number of piperazine rings is 1. The third kappa shape index (κ3) is 4.39. The fourth-order valence-electron chi connectivity index (χ4n) is 3.45. The fourth-order valence-corrected chi connectivity index (χ4v) is 4.20. The zero-order valence-electron chi connectivity index (χ0n) is 16.4. The number of rotatable bonds is 5. The van der Waals surface area contributed by atoms with Gasteiger partial charge in [0.2, 0.25) is 5.91 Å². The molecule has 0 saturated carbocycles. The van der Waals surface area contributed by atoms with Crippen LogP contribution in [-0.4, -0.2) is 69.9 Å². The van der Waals surface area contributed by atoms with Gasteiger partial charge in [-0.25, -0.2) is 4.98 Å². The van der Waals surface area contributed by atoms with Gasteiger partial charge in [0, 0.05) is 55.2 Å². The second-order valence-corrected chi connectivity index (χ2v) is 8.10. The second kappa shape index (κ2) is 8.22. The predicted octanol–water partition coefficient (Wildman–Crippen LogP) is 1.83. The normalized spacial score (nSPS) is 15.4. The van der Waals surface area contributed by atoms with Crippen LogP contribution in [0.2, 0.25) is 0 Å². The van der Waals surface area contributed by atoms with Crippen molar-refractivity contribution in [3.05, 3.63) is 34.6 Å². The van der Waals surface area contributed by atoms with Crippen molar-refractivity contribution in [2.45, 2.75) is 33.7 Å². The summed E-state index contributed by atoms with van der Waals surface area (Å²) in [6.45, 7) is 10.9. The van der Waals surface area contributed by atoms with Crippen LogP contribution in [0.4, 0.5) is 0 Å². The molecule has 1 aliphatic rings. The van der Waals surface area contributed by atoms with Crippen LogP contribution in [-0.2, 0) is 4.79 Å². The number of amides is 2. The molecule has 0 spiro atoms. The van der Waals surface area contributed by atoms with Crippen molar-refractivity contribution >= 4 is 23.2 Å². The SMILES string of the molecule is Cc1cc(C(=O)N2CCN(CC(=O)NC(C)C)CC2)c(C)n1-c1nccs1. The van der Waals surface area contributed by atoms with Crippen LogP contribution in [0.3, 0.4) is 0 Å². The van der Waals surface area contributed by atoms with Gasteiger partial charge in [-0.3, -0.25) is 19.1 Å². The quantitative estimate of drug-likeness (QED) is 0.847. The molecule has 1 saturated heterocycles. The molecule has 0 aromatic carbocycles. The van der Waals surface area contributed by atoms with Gasteiger partial charge in [-0.15, -0.1) is 11.3 Å². The molecule has 7 nitrogen and oxygen atoms in total. The first-order valence-corrected chi connectivity index (χ1v) is 10.1. The Morgan fingerprint density at radius 3 is 2.52 bits per heavy atom. The van der Waals surface area contributed by atoms with Gasteiger partial charge in [0.25, 0.3) is 5.91 Å². The molecule has 2 aromatic heterocycles. The molecule has 8 heteroatoms. The summed E-state index contributed by atoms with van der Waals surface area (Å²) in [5, 5.41) is 5.73. The van der Waals surface area contributed by atoms with Gasteiger partial charge in [0.1, 0.15) is 0 Å². The maximum atomic E-state index is 13.0. The lowest BCUT2D eigenvalue weighted by Crippen LogP contribution is -2.51. The molecule has 1 N–H and O–H groups in total. The smallest absolute Gasteiger partial charge is 0.255 e. The Kier molecular flexibility index (Phi) is 5.96. The van der Waals surface area contributed by atoms with E-state index < -0.39 is 0 Å². The van der Waals surface area contributed by atoms with E-state index in [0.717, 1.165) is 22.1 Å². The predicted molar refractivity (Wildman–Crippen MR) is 107 cm³/mol. The van der Waals surface area contributed by atoms with Crippen LogP contribution in [0.1, 0.15) is 35.6 Å². The van der Waals surface area contributed by atoms with Crippen molar-refractivity contribution in [1.29, 1.82) is 0 Å². The van der Waals surface area contributed by atoms with Gasteiger partial charge >= 0.3 is 0 Å². The lowest BCUT2D eigenvalue weighted by Gasteiger charge is -2.34. The highest BCUT2D eigenvalue weighted by atomic mass is 32.1. The number of nitrogens with one attached hydrogen (secondary N) is 1. The Hall–Kier alpha value is -2.19. The maximum Gasteiger partial charge on any atom is 0.255 e. The molecule has 0 aliphatic carbocycles. The van der Waals surface area contributed by atoms with Crippen LogP contribution in [0.15, 0.2) is 17.6 Å². The van der Waals surface area contributed by atoms with Crippen LogP contribution >= 0.6 is 11.3 Å². The average molecular weight is 390 g/mol. The van der Waals surface area contributed by atoms with E-state index in [-0.39, 0.29) is 17.9 Å². The summed E-state index contributed by atoms with van der Waals surface area (Å²) in [5.74, 6) is 0.0916.